The Morgan fingerprint density at radius 3 is 2.77 bits per heavy atom. The molecule has 0 bridgehead atoms. The van der Waals surface area contributed by atoms with Crippen molar-refractivity contribution in [3.63, 3.8) is 0 Å². The summed E-state index contributed by atoms with van der Waals surface area (Å²) in [5.74, 6) is -0.368. The molecule has 0 aliphatic rings. The second-order valence-corrected chi connectivity index (χ2v) is 7.08. The molecule has 0 spiro atoms. The van der Waals surface area contributed by atoms with Crippen molar-refractivity contribution in [3.8, 4) is 0 Å². The minimum absolute atomic E-state index is 0.0455. The molecular formula is C19H16N4O2S. The predicted octanol–water partition coefficient (Wildman–Crippen LogP) is 3.14. The van der Waals surface area contributed by atoms with Gasteiger partial charge in [-0.15, -0.1) is 11.3 Å². The third-order valence-corrected chi connectivity index (χ3v) is 5.62. The van der Waals surface area contributed by atoms with Crippen LogP contribution in [0.2, 0.25) is 0 Å². The number of benzene rings is 1. The van der Waals surface area contributed by atoms with E-state index in [2.05, 4.69) is 9.97 Å². The van der Waals surface area contributed by atoms with Crippen LogP contribution in [0.15, 0.2) is 59.7 Å². The Morgan fingerprint density at radius 2 is 1.96 bits per heavy atom. The van der Waals surface area contributed by atoms with Gasteiger partial charge in [-0.3, -0.25) is 14.0 Å². The van der Waals surface area contributed by atoms with E-state index in [1.807, 2.05) is 31.2 Å². The van der Waals surface area contributed by atoms with Crippen molar-refractivity contribution >= 4 is 33.1 Å². The molecule has 4 rings (SSSR count). The lowest BCUT2D eigenvalue weighted by Gasteiger charge is -2.23. The molecule has 130 valence electrons. The number of amides is 1. The summed E-state index contributed by atoms with van der Waals surface area (Å²) in [6.45, 7) is 1.90. The van der Waals surface area contributed by atoms with Crippen LogP contribution in [0.25, 0.3) is 15.9 Å². The number of hydrogen-bond acceptors (Lipinski definition) is 5. The van der Waals surface area contributed by atoms with Crippen LogP contribution in [0.4, 0.5) is 0 Å². The van der Waals surface area contributed by atoms with E-state index in [0.29, 0.717) is 5.65 Å². The second kappa shape index (κ2) is 6.34. The summed E-state index contributed by atoms with van der Waals surface area (Å²) < 4.78 is 2.45. The number of thiazole rings is 1. The third kappa shape index (κ3) is 2.66. The number of para-hydroxylation sites is 1. The Hall–Kier alpha value is -3.06. The topological polar surface area (TPSA) is 67.6 Å². The zero-order valence-corrected chi connectivity index (χ0v) is 15.1. The van der Waals surface area contributed by atoms with Crippen LogP contribution in [0, 0.1) is 0 Å². The minimum atomic E-state index is -0.371. The molecule has 7 heteroatoms. The molecule has 0 radical (unpaired) electrons. The van der Waals surface area contributed by atoms with Crippen molar-refractivity contribution in [2.45, 2.75) is 13.0 Å². The van der Waals surface area contributed by atoms with Crippen molar-refractivity contribution in [2.75, 3.05) is 7.05 Å². The van der Waals surface area contributed by atoms with E-state index in [1.165, 1.54) is 15.5 Å². The van der Waals surface area contributed by atoms with Gasteiger partial charge >= 0.3 is 0 Å². The van der Waals surface area contributed by atoms with Gasteiger partial charge in [0.25, 0.3) is 11.5 Å². The van der Waals surface area contributed by atoms with Crippen LogP contribution < -0.4 is 5.56 Å². The SMILES string of the molecule is CC(c1nc2ccccc2s1)N(C)C(=O)c1cnc2ccccn2c1=O. The van der Waals surface area contributed by atoms with E-state index in [4.69, 9.17) is 0 Å². The Kier molecular flexibility index (Phi) is 4.00. The first-order chi connectivity index (χ1) is 12.6. The predicted molar refractivity (Wildman–Crippen MR) is 102 cm³/mol. The van der Waals surface area contributed by atoms with Crippen LogP contribution in [0.3, 0.4) is 0 Å². The summed E-state index contributed by atoms with van der Waals surface area (Å²) in [6.07, 6.45) is 2.96. The van der Waals surface area contributed by atoms with Crippen LogP contribution in [-0.2, 0) is 0 Å². The summed E-state index contributed by atoms with van der Waals surface area (Å²) in [5.41, 5.74) is 1.09. The molecule has 1 atom stereocenters. The van der Waals surface area contributed by atoms with Crippen molar-refractivity contribution < 1.29 is 4.79 Å². The summed E-state index contributed by atoms with van der Waals surface area (Å²) in [7, 11) is 1.68. The maximum Gasteiger partial charge on any atom is 0.270 e. The highest BCUT2D eigenvalue weighted by atomic mass is 32.1. The maximum absolute atomic E-state index is 12.9. The summed E-state index contributed by atoms with van der Waals surface area (Å²) in [6, 6.07) is 12.9. The zero-order chi connectivity index (χ0) is 18.3. The Balaban J connectivity index is 1.69. The van der Waals surface area contributed by atoms with Gasteiger partial charge in [-0.1, -0.05) is 18.2 Å². The molecule has 0 aliphatic carbocycles. The fraction of sp³-hybridized carbons (Fsp3) is 0.158. The van der Waals surface area contributed by atoms with E-state index in [-0.39, 0.29) is 23.1 Å². The molecule has 1 aromatic carbocycles. The highest BCUT2D eigenvalue weighted by Crippen LogP contribution is 2.29. The van der Waals surface area contributed by atoms with Crippen LogP contribution in [0.5, 0.6) is 0 Å². The van der Waals surface area contributed by atoms with Crippen molar-refractivity contribution in [1.82, 2.24) is 19.3 Å². The van der Waals surface area contributed by atoms with Gasteiger partial charge in [0.05, 0.1) is 16.3 Å². The van der Waals surface area contributed by atoms with Crippen LogP contribution >= 0.6 is 11.3 Å². The molecule has 0 saturated carbocycles. The highest BCUT2D eigenvalue weighted by molar-refractivity contribution is 7.18. The molecule has 0 fully saturated rings. The first kappa shape index (κ1) is 16.4. The Morgan fingerprint density at radius 1 is 1.19 bits per heavy atom. The standard InChI is InChI=1S/C19H16N4O2S/c1-12(17-21-14-7-3-4-8-15(14)26-17)22(2)18(24)13-11-20-16-9-5-6-10-23(16)19(13)25/h3-12H,1-2H3. The van der Waals surface area contributed by atoms with Gasteiger partial charge in [-0.2, -0.15) is 0 Å². The quantitative estimate of drug-likeness (QED) is 0.560. The Bertz CT molecular complexity index is 1150. The second-order valence-electron chi connectivity index (χ2n) is 6.02. The molecule has 1 amide bonds. The fourth-order valence-corrected chi connectivity index (χ4v) is 3.84. The molecule has 0 aliphatic heterocycles. The molecule has 1 unspecified atom stereocenters. The van der Waals surface area contributed by atoms with Gasteiger partial charge in [-0.05, 0) is 31.2 Å². The lowest BCUT2D eigenvalue weighted by atomic mass is 10.2. The minimum Gasteiger partial charge on any atom is -0.332 e. The van der Waals surface area contributed by atoms with Gasteiger partial charge in [0.15, 0.2) is 0 Å². The number of fused-ring (bicyclic) bond motifs is 2. The molecule has 6 nitrogen and oxygen atoms in total. The zero-order valence-electron chi connectivity index (χ0n) is 14.3. The molecule has 3 heterocycles. The van der Waals surface area contributed by atoms with E-state index < -0.39 is 0 Å². The number of aromatic nitrogens is 3. The molecule has 3 aromatic heterocycles. The number of rotatable bonds is 3. The monoisotopic (exact) mass is 364 g/mol. The summed E-state index contributed by atoms with van der Waals surface area (Å²) >= 11 is 1.55. The van der Waals surface area contributed by atoms with E-state index in [1.54, 1.807) is 42.8 Å². The molecular weight excluding hydrogens is 348 g/mol. The Labute approximate surface area is 153 Å². The van der Waals surface area contributed by atoms with Crippen molar-refractivity contribution in [1.29, 1.82) is 0 Å². The van der Waals surface area contributed by atoms with E-state index >= 15 is 0 Å². The fourth-order valence-electron chi connectivity index (χ4n) is 2.77. The summed E-state index contributed by atoms with van der Waals surface area (Å²) in [4.78, 5) is 35.9. The van der Waals surface area contributed by atoms with Gasteiger partial charge in [-0.25, -0.2) is 9.97 Å². The maximum atomic E-state index is 12.9. The number of carbonyl (C=O) groups excluding carboxylic acids is 1. The lowest BCUT2D eigenvalue weighted by Crippen LogP contribution is -2.34. The van der Waals surface area contributed by atoms with E-state index in [0.717, 1.165) is 15.2 Å². The van der Waals surface area contributed by atoms with Crippen LogP contribution in [-0.4, -0.2) is 32.2 Å². The van der Waals surface area contributed by atoms with Gasteiger partial charge in [0, 0.05) is 19.4 Å². The number of carbonyl (C=O) groups is 1. The first-order valence-electron chi connectivity index (χ1n) is 8.15. The number of hydrogen-bond donors (Lipinski definition) is 0. The van der Waals surface area contributed by atoms with Crippen molar-refractivity contribution in [2.24, 2.45) is 0 Å². The van der Waals surface area contributed by atoms with Gasteiger partial charge in [0.2, 0.25) is 0 Å². The molecule has 0 N–H and O–H groups in total. The van der Waals surface area contributed by atoms with E-state index in [9.17, 15) is 9.59 Å². The van der Waals surface area contributed by atoms with Crippen LogP contribution in [0.1, 0.15) is 28.3 Å². The average molecular weight is 364 g/mol. The molecule has 26 heavy (non-hydrogen) atoms. The van der Waals surface area contributed by atoms with Gasteiger partial charge < -0.3 is 4.90 Å². The average Bonchev–Trinajstić information content (AvgIpc) is 3.11. The molecule has 0 saturated heterocycles. The van der Waals surface area contributed by atoms with Gasteiger partial charge in [0.1, 0.15) is 16.2 Å². The third-order valence-electron chi connectivity index (χ3n) is 4.41. The summed E-state index contributed by atoms with van der Waals surface area (Å²) in [5, 5.41) is 0.830. The number of nitrogens with zero attached hydrogens (tertiary/aromatic N) is 4. The lowest BCUT2D eigenvalue weighted by molar-refractivity contribution is 0.0740. The largest absolute Gasteiger partial charge is 0.332 e. The van der Waals surface area contributed by atoms with Crippen molar-refractivity contribution in [3.05, 3.63) is 75.8 Å². The highest BCUT2D eigenvalue weighted by Gasteiger charge is 2.24. The first-order valence-corrected chi connectivity index (χ1v) is 8.97. The molecule has 4 aromatic rings. The normalized spacial score (nSPS) is 12.4. The number of pyridine rings is 1. The smallest absolute Gasteiger partial charge is 0.270 e.